The van der Waals surface area contributed by atoms with E-state index in [4.69, 9.17) is 4.98 Å². The Morgan fingerprint density at radius 2 is 1.65 bits per heavy atom. The monoisotopic (exact) mass is 475 g/mol. The Kier molecular flexibility index (Phi) is 26.6. The molecule has 3 nitrogen and oxygen atoms in total. The van der Waals surface area contributed by atoms with Crippen LogP contribution >= 0.6 is 0 Å². The molecule has 1 aliphatic carbocycles. The van der Waals surface area contributed by atoms with Gasteiger partial charge in [-0.15, -0.1) is 0 Å². The summed E-state index contributed by atoms with van der Waals surface area (Å²) in [7, 11) is 0. The fourth-order valence-corrected chi connectivity index (χ4v) is 3.73. The summed E-state index contributed by atoms with van der Waals surface area (Å²) in [5.74, 6) is 2.34. The van der Waals surface area contributed by atoms with E-state index in [2.05, 4.69) is 45.4 Å². The molecule has 200 valence electrons. The van der Waals surface area contributed by atoms with E-state index in [1.165, 1.54) is 50.6 Å². The minimum absolute atomic E-state index is 0.613. The van der Waals surface area contributed by atoms with Gasteiger partial charge >= 0.3 is 0 Å². The van der Waals surface area contributed by atoms with Gasteiger partial charge in [0.05, 0.1) is 6.20 Å². The third-order valence-corrected chi connectivity index (χ3v) is 5.34. The molecule has 0 saturated heterocycles. The van der Waals surface area contributed by atoms with Crippen LogP contribution in [-0.4, -0.2) is 14.6 Å². The molecule has 1 aliphatic rings. The maximum Gasteiger partial charge on any atom is 0.162 e. The summed E-state index contributed by atoms with van der Waals surface area (Å²) in [6, 6.07) is 2.13. The number of allylic oxidation sites excluding steroid dienone is 1. The maximum atomic E-state index is 4.85. The number of hydrogen-bond donors (Lipinski definition) is 0. The molecule has 2 unspecified atom stereocenters. The van der Waals surface area contributed by atoms with Crippen LogP contribution in [0.2, 0.25) is 0 Å². The van der Waals surface area contributed by atoms with Crippen molar-refractivity contribution in [3.63, 3.8) is 0 Å². The number of fused-ring (bicyclic) bond motifs is 1. The summed E-state index contributed by atoms with van der Waals surface area (Å²) >= 11 is 0. The van der Waals surface area contributed by atoms with Gasteiger partial charge in [0.15, 0.2) is 5.65 Å². The van der Waals surface area contributed by atoms with Crippen molar-refractivity contribution < 1.29 is 0 Å². The highest BCUT2D eigenvalue weighted by molar-refractivity contribution is 5.72. The molecule has 0 radical (unpaired) electrons. The summed E-state index contributed by atoms with van der Waals surface area (Å²) in [6.07, 6.45) is 13.3. The first kappa shape index (κ1) is 36.9. The topological polar surface area (TPSA) is 30.2 Å². The smallest absolute Gasteiger partial charge is 0.162 e. The van der Waals surface area contributed by atoms with Crippen molar-refractivity contribution in [3.05, 3.63) is 36.3 Å². The van der Waals surface area contributed by atoms with E-state index >= 15 is 0 Å². The summed E-state index contributed by atoms with van der Waals surface area (Å²) < 4.78 is 1.85. The van der Waals surface area contributed by atoms with E-state index in [9.17, 15) is 0 Å². The van der Waals surface area contributed by atoms with Crippen LogP contribution in [0.25, 0.3) is 11.2 Å². The van der Waals surface area contributed by atoms with E-state index in [1.807, 2.05) is 79.2 Å². The Balaban J connectivity index is -0.000000542. The van der Waals surface area contributed by atoms with Crippen LogP contribution < -0.4 is 0 Å². The van der Waals surface area contributed by atoms with Crippen LogP contribution in [0.3, 0.4) is 0 Å². The lowest BCUT2D eigenvalue weighted by Gasteiger charge is -2.26. The van der Waals surface area contributed by atoms with E-state index in [1.54, 1.807) is 0 Å². The van der Waals surface area contributed by atoms with Gasteiger partial charge in [-0.25, -0.2) is 9.50 Å². The minimum Gasteiger partial charge on any atom is -0.233 e. The van der Waals surface area contributed by atoms with Gasteiger partial charge < -0.3 is 0 Å². The van der Waals surface area contributed by atoms with Crippen molar-refractivity contribution in [1.29, 1.82) is 0 Å². The third kappa shape index (κ3) is 14.6. The zero-order valence-electron chi connectivity index (χ0n) is 25.5. The number of rotatable bonds is 5. The molecule has 0 N–H and O–H groups in total. The number of nitrogens with zero attached hydrogens (tertiary/aromatic N) is 3. The Bertz CT molecular complexity index is 700. The van der Waals surface area contributed by atoms with Crippen LogP contribution in [0.1, 0.15) is 152 Å². The highest BCUT2D eigenvalue weighted by atomic mass is 15.2. The fourth-order valence-electron chi connectivity index (χ4n) is 3.73. The van der Waals surface area contributed by atoms with Gasteiger partial charge in [-0.3, -0.25) is 0 Å². The fraction of sp³-hybridized carbons (Fsp3) is 0.742. The molecular formula is C31H61N3. The lowest BCUT2D eigenvalue weighted by Crippen LogP contribution is -2.13. The molecule has 1 fully saturated rings. The first-order valence-corrected chi connectivity index (χ1v) is 14.4. The van der Waals surface area contributed by atoms with Crippen molar-refractivity contribution in [2.45, 2.75) is 141 Å². The van der Waals surface area contributed by atoms with Crippen molar-refractivity contribution in [3.8, 4) is 0 Å². The Morgan fingerprint density at radius 1 is 1.06 bits per heavy atom. The van der Waals surface area contributed by atoms with Crippen LogP contribution in [0.15, 0.2) is 25.0 Å². The number of aromatic nitrogens is 3. The van der Waals surface area contributed by atoms with Gasteiger partial charge in [-0.2, -0.15) is 5.10 Å². The summed E-state index contributed by atoms with van der Waals surface area (Å²) in [4.78, 5) is 4.85. The molecule has 1 saturated carbocycles. The van der Waals surface area contributed by atoms with Gasteiger partial charge in [0.25, 0.3) is 0 Å². The Labute approximate surface area is 214 Å². The highest BCUT2D eigenvalue weighted by Crippen LogP contribution is 2.35. The number of hydrogen-bond acceptors (Lipinski definition) is 2. The first-order chi connectivity index (χ1) is 16.4. The largest absolute Gasteiger partial charge is 0.233 e. The summed E-state index contributed by atoms with van der Waals surface area (Å²) in [6.45, 7) is 31.2. The van der Waals surface area contributed by atoms with E-state index in [0.717, 1.165) is 28.6 Å². The van der Waals surface area contributed by atoms with Gasteiger partial charge in [-0.05, 0) is 43.2 Å². The average molecular weight is 476 g/mol. The average Bonchev–Trinajstić information content (AvgIpc) is 3.32. The van der Waals surface area contributed by atoms with E-state index in [-0.39, 0.29) is 0 Å². The Morgan fingerprint density at radius 3 is 2.09 bits per heavy atom. The lowest BCUT2D eigenvalue weighted by molar-refractivity contribution is 0.340. The molecule has 34 heavy (non-hydrogen) atoms. The quantitative estimate of drug-likeness (QED) is 0.430. The second kappa shape index (κ2) is 24.5. The van der Waals surface area contributed by atoms with Gasteiger partial charge in [0, 0.05) is 23.4 Å². The lowest BCUT2D eigenvalue weighted by atomic mass is 9.81. The summed E-state index contributed by atoms with van der Waals surface area (Å²) in [5, 5.41) is 4.33. The molecule has 2 atom stereocenters. The molecule has 0 aliphatic heterocycles. The Hall–Kier alpha value is -1.64. The van der Waals surface area contributed by atoms with Gasteiger partial charge in [0.1, 0.15) is 0 Å². The van der Waals surface area contributed by atoms with Gasteiger partial charge in [0.2, 0.25) is 0 Å². The SMILES string of the molecule is C=C(C)c1cnn2ccc(C3CCCC(C)C3)nc12.CC.CC.CC.CC.CCCCC(C)C. The number of unbranched alkanes of at least 4 members (excludes halogenated alkanes) is 1. The maximum absolute atomic E-state index is 4.85. The van der Waals surface area contributed by atoms with Crippen molar-refractivity contribution in [2.75, 3.05) is 0 Å². The predicted octanol–water partition coefficient (Wildman–Crippen LogP) is 11.0. The standard InChI is InChI=1S/C16H21N3.C7H16.4C2H6/c1-11(2)14-10-17-19-8-7-15(18-16(14)19)13-6-4-5-12(3)9-13;1-4-5-6-7(2)3;4*1-2/h7-8,10,12-13H,1,4-6,9H2,2-3H3;7H,4-6H2,1-3H3;4*1-2H3. The zero-order valence-corrected chi connectivity index (χ0v) is 25.5. The first-order valence-electron chi connectivity index (χ1n) is 14.4. The third-order valence-electron chi connectivity index (χ3n) is 5.34. The van der Waals surface area contributed by atoms with Gasteiger partial charge in [-0.1, -0.05) is 122 Å². The van der Waals surface area contributed by atoms with Crippen LogP contribution in [0, 0.1) is 11.8 Å². The molecule has 3 rings (SSSR count). The second-order valence-corrected chi connectivity index (χ2v) is 8.46. The normalized spacial score (nSPS) is 16.1. The molecule has 0 amide bonds. The molecule has 2 heterocycles. The van der Waals surface area contributed by atoms with E-state index in [0.29, 0.717) is 5.92 Å². The molecule has 0 spiro atoms. The second-order valence-electron chi connectivity index (χ2n) is 8.46. The van der Waals surface area contributed by atoms with Crippen LogP contribution in [0.4, 0.5) is 0 Å². The van der Waals surface area contributed by atoms with Crippen LogP contribution in [0.5, 0.6) is 0 Å². The molecule has 3 heteroatoms. The zero-order chi connectivity index (χ0) is 27.1. The van der Waals surface area contributed by atoms with Crippen molar-refractivity contribution in [1.82, 2.24) is 14.6 Å². The van der Waals surface area contributed by atoms with E-state index < -0.39 is 0 Å². The molecule has 2 aromatic heterocycles. The molecule has 0 bridgehead atoms. The minimum atomic E-state index is 0.613. The van der Waals surface area contributed by atoms with Crippen molar-refractivity contribution in [2.24, 2.45) is 11.8 Å². The molecule has 0 aromatic carbocycles. The molecule has 2 aromatic rings. The van der Waals surface area contributed by atoms with Crippen molar-refractivity contribution >= 4 is 11.2 Å². The molecular weight excluding hydrogens is 414 g/mol. The summed E-state index contributed by atoms with van der Waals surface area (Å²) in [5.41, 5.74) is 4.26. The predicted molar refractivity (Wildman–Crippen MR) is 158 cm³/mol. The highest BCUT2D eigenvalue weighted by Gasteiger charge is 2.22. The van der Waals surface area contributed by atoms with Crippen LogP contribution in [-0.2, 0) is 0 Å².